The van der Waals surface area contributed by atoms with Gasteiger partial charge in [-0.05, 0) is 36.2 Å². The molecule has 0 unspecified atom stereocenters. The largest absolute Gasteiger partial charge is 0.388 e. The van der Waals surface area contributed by atoms with E-state index in [1.54, 1.807) is 35.0 Å². The van der Waals surface area contributed by atoms with Crippen LogP contribution in [0.3, 0.4) is 0 Å². The zero-order valence-corrected chi connectivity index (χ0v) is 15.5. The fraction of sp³-hybridized carbons (Fsp3) is 0.143. The molecule has 0 aliphatic carbocycles. The highest BCUT2D eigenvalue weighted by molar-refractivity contribution is 5.81. The number of rotatable bonds is 8. The molecule has 8 heteroatoms. The van der Waals surface area contributed by atoms with Crippen molar-refractivity contribution < 1.29 is 14.8 Å². The fourth-order valence-electron chi connectivity index (χ4n) is 2.81. The molecule has 29 heavy (non-hydrogen) atoms. The lowest BCUT2D eigenvalue weighted by molar-refractivity contribution is -0.384. The Hall–Kier alpha value is -3.78. The SMILES string of the molecule is O=C(CC[C@@H](O)c1ccccc1)N/N=C\c1cccn1-c1ccc([N+](=O)[O-])cc1. The summed E-state index contributed by atoms with van der Waals surface area (Å²) in [6, 6.07) is 18.9. The van der Waals surface area contributed by atoms with Crippen LogP contribution in [0.15, 0.2) is 78.0 Å². The first-order chi connectivity index (χ1) is 14.0. The van der Waals surface area contributed by atoms with Crippen molar-refractivity contribution in [3.63, 3.8) is 0 Å². The molecule has 0 aliphatic heterocycles. The number of non-ortho nitro benzene ring substituents is 1. The lowest BCUT2D eigenvalue weighted by Gasteiger charge is -2.09. The van der Waals surface area contributed by atoms with E-state index in [1.165, 1.54) is 18.3 Å². The second-order valence-corrected chi connectivity index (χ2v) is 6.33. The molecule has 3 rings (SSSR count). The van der Waals surface area contributed by atoms with Crippen LogP contribution in [0.2, 0.25) is 0 Å². The van der Waals surface area contributed by atoms with Gasteiger partial charge in [-0.15, -0.1) is 0 Å². The molecular formula is C21H20N4O4. The number of aromatic nitrogens is 1. The highest BCUT2D eigenvalue weighted by Gasteiger charge is 2.10. The summed E-state index contributed by atoms with van der Waals surface area (Å²) in [6.07, 6.45) is 3.01. The molecular weight excluding hydrogens is 372 g/mol. The zero-order chi connectivity index (χ0) is 20.6. The number of nitro groups is 1. The molecule has 1 heterocycles. The molecule has 148 valence electrons. The zero-order valence-electron chi connectivity index (χ0n) is 15.5. The summed E-state index contributed by atoms with van der Waals surface area (Å²) in [5.74, 6) is -0.301. The van der Waals surface area contributed by atoms with Gasteiger partial charge < -0.3 is 9.67 Å². The number of hydrogen-bond acceptors (Lipinski definition) is 5. The molecule has 1 aromatic heterocycles. The number of nitrogens with one attached hydrogen (secondary N) is 1. The Morgan fingerprint density at radius 3 is 2.55 bits per heavy atom. The van der Waals surface area contributed by atoms with E-state index in [-0.39, 0.29) is 18.0 Å². The second kappa shape index (κ2) is 9.43. The molecule has 1 atom stereocenters. The number of hydrogen-bond donors (Lipinski definition) is 2. The molecule has 0 saturated heterocycles. The maximum absolute atomic E-state index is 12.0. The lowest BCUT2D eigenvalue weighted by atomic mass is 10.1. The fourth-order valence-corrected chi connectivity index (χ4v) is 2.81. The normalized spacial score (nSPS) is 12.0. The van der Waals surface area contributed by atoms with E-state index in [0.29, 0.717) is 12.1 Å². The van der Waals surface area contributed by atoms with Crippen molar-refractivity contribution in [1.29, 1.82) is 0 Å². The standard InChI is InChI=1S/C21H20N4O4/c26-20(16-5-2-1-3-6-16)12-13-21(27)23-22-15-19-7-4-14-24(19)17-8-10-18(11-9-17)25(28)29/h1-11,14-15,20,26H,12-13H2,(H,23,27)/b22-15-/t20-/m1/s1. The molecule has 2 N–H and O–H groups in total. The average Bonchev–Trinajstić information content (AvgIpc) is 3.21. The number of carbonyl (C=O) groups is 1. The molecule has 0 aliphatic rings. The van der Waals surface area contributed by atoms with E-state index in [1.807, 2.05) is 30.3 Å². The van der Waals surface area contributed by atoms with Crippen LogP contribution in [0.4, 0.5) is 5.69 Å². The number of nitro benzene ring substituents is 1. The average molecular weight is 392 g/mol. The van der Waals surface area contributed by atoms with Gasteiger partial charge in [0.15, 0.2) is 0 Å². The number of nitrogens with zero attached hydrogens (tertiary/aromatic N) is 3. The number of aliphatic hydroxyl groups is 1. The maximum atomic E-state index is 12.0. The first-order valence-corrected chi connectivity index (χ1v) is 9.01. The summed E-state index contributed by atoms with van der Waals surface area (Å²) in [7, 11) is 0. The van der Waals surface area contributed by atoms with Crippen LogP contribution in [0.1, 0.15) is 30.2 Å². The van der Waals surface area contributed by atoms with Crippen molar-refractivity contribution in [1.82, 2.24) is 9.99 Å². The second-order valence-electron chi connectivity index (χ2n) is 6.33. The third-order valence-corrected chi connectivity index (χ3v) is 4.33. The monoisotopic (exact) mass is 392 g/mol. The number of aliphatic hydroxyl groups excluding tert-OH is 1. The molecule has 0 radical (unpaired) electrons. The van der Waals surface area contributed by atoms with Gasteiger partial charge in [-0.3, -0.25) is 14.9 Å². The molecule has 8 nitrogen and oxygen atoms in total. The highest BCUT2D eigenvalue weighted by atomic mass is 16.6. The number of benzene rings is 2. The van der Waals surface area contributed by atoms with Crippen LogP contribution in [-0.2, 0) is 4.79 Å². The van der Waals surface area contributed by atoms with Crippen LogP contribution in [0.25, 0.3) is 5.69 Å². The van der Waals surface area contributed by atoms with Crippen molar-refractivity contribution in [3.8, 4) is 5.69 Å². The van der Waals surface area contributed by atoms with Crippen LogP contribution in [0.5, 0.6) is 0 Å². The summed E-state index contributed by atoms with van der Waals surface area (Å²) in [5.41, 5.74) is 4.66. The molecule has 0 bridgehead atoms. The van der Waals surface area contributed by atoms with Gasteiger partial charge >= 0.3 is 0 Å². The molecule has 1 amide bonds. The highest BCUT2D eigenvalue weighted by Crippen LogP contribution is 2.18. The lowest BCUT2D eigenvalue weighted by Crippen LogP contribution is -2.18. The van der Waals surface area contributed by atoms with Crippen molar-refractivity contribution in [3.05, 3.63) is 94.3 Å². The van der Waals surface area contributed by atoms with Crippen molar-refractivity contribution in [2.75, 3.05) is 0 Å². The first kappa shape index (κ1) is 20.0. The Morgan fingerprint density at radius 2 is 1.86 bits per heavy atom. The number of amides is 1. The first-order valence-electron chi connectivity index (χ1n) is 9.01. The molecule has 0 spiro atoms. The Bertz CT molecular complexity index is 997. The number of carbonyl (C=O) groups excluding carboxylic acids is 1. The summed E-state index contributed by atoms with van der Waals surface area (Å²) in [6.45, 7) is 0. The Labute approximate surface area is 167 Å². The van der Waals surface area contributed by atoms with Crippen LogP contribution >= 0.6 is 0 Å². The van der Waals surface area contributed by atoms with Gasteiger partial charge in [0.1, 0.15) is 0 Å². The molecule has 2 aromatic carbocycles. The Balaban J connectivity index is 1.55. The van der Waals surface area contributed by atoms with Gasteiger partial charge in [0, 0.05) is 30.4 Å². The predicted octanol–water partition coefficient (Wildman–Crippen LogP) is 3.35. The van der Waals surface area contributed by atoms with Crippen molar-refractivity contribution >= 4 is 17.8 Å². The number of hydrazone groups is 1. The summed E-state index contributed by atoms with van der Waals surface area (Å²) >= 11 is 0. The topological polar surface area (TPSA) is 110 Å². The third kappa shape index (κ3) is 5.36. The predicted molar refractivity (Wildman–Crippen MR) is 109 cm³/mol. The van der Waals surface area contributed by atoms with Gasteiger partial charge in [0.25, 0.3) is 5.69 Å². The van der Waals surface area contributed by atoms with Gasteiger partial charge in [-0.2, -0.15) is 5.10 Å². The van der Waals surface area contributed by atoms with E-state index < -0.39 is 11.0 Å². The van der Waals surface area contributed by atoms with E-state index in [0.717, 1.165) is 11.3 Å². The third-order valence-electron chi connectivity index (χ3n) is 4.33. The van der Waals surface area contributed by atoms with E-state index >= 15 is 0 Å². The van der Waals surface area contributed by atoms with Crippen LogP contribution < -0.4 is 5.43 Å². The molecule has 0 fully saturated rings. The van der Waals surface area contributed by atoms with E-state index in [4.69, 9.17) is 0 Å². The van der Waals surface area contributed by atoms with Crippen LogP contribution in [0, 0.1) is 10.1 Å². The summed E-state index contributed by atoms with van der Waals surface area (Å²) < 4.78 is 1.79. The minimum absolute atomic E-state index is 0.0149. The smallest absolute Gasteiger partial charge is 0.269 e. The van der Waals surface area contributed by atoms with E-state index in [9.17, 15) is 20.0 Å². The molecule has 3 aromatic rings. The molecule has 0 saturated carbocycles. The summed E-state index contributed by atoms with van der Waals surface area (Å²) in [4.78, 5) is 22.3. The van der Waals surface area contributed by atoms with Gasteiger partial charge in [-0.25, -0.2) is 5.43 Å². The van der Waals surface area contributed by atoms with Crippen molar-refractivity contribution in [2.45, 2.75) is 18.9 Å². The maximum Gasteiger partial charge on any atom is 0.269 e. The summed E-state index contributed by atoms with van der Waals surface area (Å²) in [5, 5.41) is 24.8. The van der Waals surface area contributed by atoms with Gasteiger partial charge in [0.05, 0.1) is 22.9 Å². The van der Waals surface area contributed by atoms with Gasteiger partial charge in [-0.1, -0.05) is 30.3 Å². The van der Waals surface area contributed by atoms with Crippen molar-refractivity contribution in [2.24, 2.45) is 5.10 Å². The Morgan fingerprint density at radius 1 is 1.14 bits per heavy atom. The van der Waals surface area contributed by atoms with E-state index in [2.05, 4.69) is 10.5 Å². The minimum atomic E-state index is -0.703. The van der Waals surface area contributed by atoms with Gasteiger partial charge in [0.2, 0.25) is 5.91 Å². The van der Waals surface area contributed by atoms with Crippen LogP contribution in [-0.4, -0.2) is 26.7 Å². The Kier molecular flexibility index (Phi) is 6.49. The quantitative estimate of drug-likeness (QED) is 0.348. The minimum Gasteiger partial charge on any atom is -0.388 e.